The molecule has 4 atom stereocenters. The van der Waals surface area contributed by atoms with Crippen molar-refractivity contribution in [3.8, 4) is 0 Å². The lowest BCUT2D eigenvalue weighted by atomic mass is 9.78. The molecule has 1 fully saturated rings. The van der Waals surface area contributed by atoms with E-state index in [9.17, 15) is 29.2 Å². The number of carbonyl (C=O) groups excluding carboxylic acids is 4. The number of nitrogens with zero attached hydrogens (tertiary/aromatic N) is 1. The highest BCUT2D eigenvalue weighted by molar-refractivity contribution is 6.62. The van der Waals surface area contributed by atoms with Crippen molar-refractivity contribution in [2.75, 3.05) is 6.54 Å². The molecule has 0 spiro atoms. The summed E-state index contributed by atoms with van der Waals surface area (Å²) in [7, 11) is -2.32. The van der Waals surface area contributed by atoms with Gasteiger partial charge in [-0.2, -0.15) is 0 Å². The van der Waals surface area contributed by atoms with Crippen molar-refractivity contribution in [2.24, 2.45) is 5.92 Å². The van der Waals surface area contributed by atoms with Gasteiger partial charge in [0.25, 0.3) is 11.8 Å². The summed E-state index contributed by atoms with van der Waals surface area (Å²) in [6.45, 7) is 6.39. The second-order valence-corrected chi connectivity index (χ2v) is 17.3. The van der Waals surface area contributed by atoms with Gasteiger partial charge in [-0.15, -0.1) is 0 Å². The van der Waals surface area contributed by atoms with Crippen molar-refractivity contribution in [3.63, 3.8) is 0 Å². The first-order valence-corrected chi connectivity index (χ1v) is 21.5. The van der Waals surface area contributed by atoms with Crippen LogP contribution in [0, 0.1) is 12.8 Å². The minimum absolute atomic E-state index is 0.000342. The maximum Gasteiger partial charge on any atom is 0.491 e. The summed E-state index contributed by atoms with van der Waals surface area (Å²) < 4.78 is 17.3. The van der Waals surface area contributed by atoms with E-state index in [-0.39, 0.29) is 44.1 Å². The number of rotatable bonds is 13. The van der Waals surface area contributed by atoms with Crippen LogP contribution in [0.5, 0.6) is 0 Å². The molecule has 0 aromatic heterocycles. The predicted molar refractivity (Wildman–Crippen MR) is 239 cm³/mol. The molecule has 63 heavy (non-hydrogen) atoms. The van der Waals surface area contributed by atoms with E-state index < -0.39 is 61.7 Å². The van der Waals surface area contributed by atoms with Crippen molar-refractivity contribution in [3.05, 3.63) is 165 Å². The summed E-state index contributed by atoms with van der Waals surface area (Å²) in [5.41, 5.74) is 4.56. The molecule has 0 aliphatic carbocycles. The molecule has 0 bridgehead atoms. The first kappa shape index (κ1) is 43.9. The highest BCUT2D eigenvalue weighted by Crippen LogP contribution is 2.44. The summed E-state index contributed by atoms with van der Waals surface area (Å²) in [6, 6.07) is 31.9. The zero-order valence-electron chi connectivity index (χ0n) is 35.3. The van der Waals surface area contributed by atoms with Crippen LogP contribution in [0.1, 0.15) is 87.2 Å². The lowest BCUT2D eigenvalue weighted by Crippen LogP contribution is -2.50. The Hall–Kier alpha value is -5.76. The van der Waals surface area contributed by atoms with E-state index in [2.05, 4.69) is 10.6 Å². The minimum Gasteiger partial charge on any atom is -0.444 e. The van der Waals surface area contributed by atoms with Gasteiger partial charge in [0.2, 0.25) is 5.91 Å². The van der Waals surface area contributed by atoms with Crippen LogP contribution in [0.2, 0.25) is 5.02 Å². The Morgan fingerprint density at radius 3 is 2.08 bits per heavy atom. The van der Waals surface area contributed by atoms with Crippen molar-refractivity contribution >= 4 is 60.5 Å². The fourth-order valence-electron chi connectivity index (χ4n) is 8.88. The number of ether oxygens (including phenoxy) is 1. The summed E-state index contributed by atoms with van der Waals surface area (Å²) in [4.78, 5) is 58.6. The van der Waals surface area contributed by atoms with E-state index in [1.165, 1.54) is 4.90 Å². The van der Waals surface area contributed by atoms with Crippen LogP contribution in [0.4, 0.5) is 0 Å². The number of aryl methyl sites for hydroxylation is 1. The molecule has 0 saturated carbocycles. The van der Waals surface area contributed by atoms with Gasteiger partial charge >= 0.3 is 20.2 Å². The molecule has 5 aromatic rings. The molecule has 1 saturated heterocycles. The molecular formula is C48H48B2ClN3O9. The molecular weight excluding hydrogens is 820 g/mol. The topological polar surface area (TPSA) is 164 Å². The van der Waals surface area contributed by atoms with Gasteiger partial charge in [0.15, 0.2) is 5.60 Å². The number of benzene rings is 5. The Morgan fingerprint density at radius 2 is 1.43 bits per heavy atom. The lowest BCUT2D eigenvalue weighted by Gasteiger charge is -2.36. The van der Waals surface area contributed by atoms with Crippen LogP contribution in [0.3, 0.4) is 0 Å². The molecule has 4 N–H and O–H groups in total. The number of likely N-dealkylation sites (tertiary alicyclic amines) is 1. The number of carbonyl (C=O) groups is 4. The fourth-order valence-corrected chi connectivity index (χ4v) is 9.15. The quantitative estimate of drug-likeness (QED) is 0.0756. The van der Waals surface area contributed by atoms with Gasteiger partial charge in [-0.1, -0.05) is 116 Å². The maximum absolute atomic E-state index is 14.6. The Balaban J connectivity index is 1.07. The van der Waals surface area contributed by atoms with Gasteiger partial charge in [-0.05, 0) is 78.1 Å². The highest BCUT2D eigenvalue weighted by atomic mass is 35.5. The second kappa shape index (κ2) is 18.5. The normalized spacial score (nSPS) is 18.1. The molecule has 3 amide bonds. The second-order valence-electron chi connectivity index (χ2n) is 16.9. The number of amides is 3. The number of hydrogen-bond donors (Lipinski definition) is 4. The van der Waals surface area contributed by atoms with E-state index in [0.29, 0.717) is 44.6 Å². The molecule has 12 nitrogen and oxygen atoms in total. The number of esters is 1. The van der Waals surface area contributed by atoms with Gasteiger partial charge in [0, 0.05) is 51.5 Å². The third kappa shape index (κ3) is 9.18. The third-order valence-corrected chi connectivity index (χ3v) is 12.3. The largest absolute Gasteiger partial charge is 0.491 e. The first-order chi connectivity index (χ1) is 30.3. The first-order valence-electron chi connectivity index (χ1n) is 21.2. The van der Waals surface area contributed by atoms with E-state index >= 15 is 0 Å². The van der Waals surface area contributed by atoms with E-state index in [0.717, 1.165) is 16.7 Å². The maximum atomic E-state index is 14.6. The van der Waals surface area contributed by atoms with E-state index in [1.807, 2.05) is 93.6 Å². The molecule has 322 valence electrons. The Bertz CT molecular complexity index is 2530. The fraction of sp³-hybridized carbons (Fsp3) is 0.292. The van der Waals surface area contributed by atoms with Crippen LogP contribution in [0.25, 0.3) is 0 Å². The average molecular weight is 868 g/mol. The SMILES string of the molecule is Cc1ccc(C(OC(=O)C[C@@H](CC(C)C)NC(=O)[C@@H]2C[C@@H](NC(=O)c3ccc4c(c3)B(O)OC4)CN2C(=O)c2ccc3c(c2)B(O)OC3)(c2ccccc2)c2ccccc2Cl)cc1. The average Bonchev–Trinajstić information content (AvgIpc) is 3.99. The molecule has 15 heteroatoms. The highest BCUT2D eigenvalue weighted by Gasteiger charge is 2.44. The zero-order chi connectivity index (χ0) is 44.4. The number of fused-ring (bicyclic) bond motifs is 2. The van der Waals surface area contributed by atoms with Crippen molar-refractivity contribution in [1.82, 2.24) is 15.5 Å². The van der Waals surface area contributed by atoms with E-state index in [4.69, 9.17) is 25.6 Å². The molecule has 5 aromatic carbocycles. The van der Waals surface area contributed by atoms with Gasteiger partial charge < -0.3 is 39.6 Å². The lowest BCUT2D eigenvalue weighted by molar-refractivity contribution is -0.154. The molecule has 3 aliphatic heterocycles. The van der Waals surface area contributed by atoms with Gasteiger partial charge in [-0.3, -0.25) is 19.2 Å². The van der Waals surface area contributed by atoms with Gasteiger partial charge in [0.05, 0.1) is 19.6 Å². The predicted octanol–water partition coefficient (Wildman–Crippen LogP) is 4.55. The summed E-state index contributed by atoms with van der Waals surface area (Å²) >= 11 is 6.92. The van der Waals surface area contributed by atoms with Gasteiger partial charge in [-0.25, -0.2) is 0 Å². The van der Waals surface area contributed by atoms with Crippen LogP contribution in [0.15, 0.2) is 115 Å². The Labute approximate surface area is 372 Å². The molecule has 3 heterocycles. The summed E-state index contributed by atoms with van der Waals surface area (Å²) in [5.74, 6) is -1.95. The minimum atomic E-state index is -1.45. The van der Waals surface area contributed by atoms with Crippen molar-refractivity contribution in [2.45, 2.75) is 77.0 Å². The Kier molecular flexibility index (Phi) is 12.9. The van der Waals surface area contributed by atoms with Crippen molar-refractivity contribution in [1.29, 1.82) is 0 Å². The summed E-state index contributed by atoms with van der Waals surface area (Å²) in [6.07, 6.45) is 0.284. The number of hydrogen-bond acceptors (Lipinski definition) is 9. The number of halogens is 1. The molecule has 0 radical (unpaired) electrons. The molecule has 8 rings (SSSR count). The smallest absolute Gasteiger partial charge is 0.444 e. The molecule has 1 unspecified atom stereocenters. The standard InChI is InChI=1S/C48H48B2ClN3O9/c1-29(2)21-37(25-44(55)63-48(35-9-5-4-6-10-35,36-19-13-30(3)14-20-36)39-11-7-8-12-42(39)51)52-46(57)43-24-38(53-45(56)31-15-17-33-27-61-49(59)40(33)22-31)26-54(43)47(58)32-16-18-34-28-62-50(60)41(34)23-32/h4-20,22-23,29,37-38,43,59-60H,21,24-28H2,1-3H3,(H,52,57)(H,53,56)/t37-,38-,43+,48?/m1/s1. The summed E-state index contributed by atoms with van der Waals surface area (Å²) in [5, 5.41) is 27.2. The van der Waals surface area contributed by atoms with Crippen LogP contribution >= 0.6 is 11.6 Å². The van der Waals surface area contributed by atoms with Crippen LogP contribution < -0.4 is 21.6 Å². The Morgan fingerprint density at radius 1 is 0.825 bits per heavy atom. The third-order valence-electron chi connectivity index (χ3n) is 12.0. The molecule has 3 aliphatic rings. The number of nitrogens with one attached hydrogen (secondary N) is 2. The monoisotopic (exact) mass is 867 g/mol. The van der Waals surface area contributed by atoms with Crippen molar-refractivity contribution < 1.29 is 43.3 Å². The van der Waals surface area contributed by atoms with Crippen LogP contribution in [-0.4, -0.2) is 77.5 Å². The van der Waals surface area contributed by atoms with Gasteiger partial charge in [0.1, 0.15) is 6.04 Å². The van der Waals surface area contributed by atoms with Crippen LogP contribution in [-0.2, 0) is 42.4 Å². The van der Waals surface area contributed by atoms with E-state index in [1.54, 1.807) is 42.5 Å². The zero-order valence-corrected chi connectivity index (χ0v) is 36.0.